The Balaban J connectivity index is 1.93. The van der Waals surface area contributed by atoms with Gasteiger partial charge in [0.05, 0.1) is 21.3 Å². The van der Waals surface area contributed by atoms with Crippen molar-refractivity contribution < 1.29 is 14.2 Å². The number of hydrogen-bond acceptors (Lipinski definition) is 4. The molecular formula is C23H33N3O3. The Labute approximate surface area is 174 Å². The van der Waals surface area contributed by atoms with E-state index in [4.69, 9.17) is 14.2 Å². The smallest absolute Gasteiger partial charge is 0.193 e. The van der Waals surface area contributed by atoms with Crippen molar-refractivity contribution >= 4 is 5.96 Å². The van der Waals surface area contributed by atoms with Crippen molar-refractivity contribution in [1.29, 1.82) is 0 Å². The number of hydrogen-bond donors (Lipinski definition) is 1. The zero-order valence-corrected chi connectivity index (χ0v) is 18.4. The molecule has 0 heterocycles. The lowest BCUT2D eigenvalue weighted by molar-refractivity contribution is 0.354. The van der Waals surface area contributed by atoms with Crippen molar-refractivity contribution in [3.8, 4) is 17.2 Å². The Morgan fingerprint density at radius 2 is 1.69 bits per heavy atom. The molecule has 2 aromatic carbocycles. The molecule has 158 valence electrons. The second kappa shape index (κ2) is 11.2. The Morgan fingerprint density at radius 3 is 2.34 bits per heavy atom. The molecule has 29 heavy (non-hydrogen) atoms. The van der Waals surface area contributed by atoms with Crippen LogP contribution in [0.5, 0.6) is 17.2 Å². The number of methoxy groups -OCH3 is 3. The molecule has 0 aliphatic rings. The van der Waals surface area contributed by atoms with E-state index in [2.05, 4.69) is 34.3 Å². The lowest BCUT2D eigenvalue weighted by atomic mass is 10.0. The van der Waals surface area contributed by atoms with Crippen molar-refractivity contribution in [3.63, 3.8) is 0 Å². The molecule has 0 saturated carbocycles. The first-order valence-corrected chi connectivity index (χ1v) is 9.79. The zero-order valence-electron chi connectivity index (χ0n) is 18.4. The molecule has 1 atom stereocenters. The molecule has 0 aliphatic heterocycles. The fraction of sp³-hybridized carbons (Fsp3) is 0.435. The standard InChI is InChI=1S/C23H33N3O3/c1-17(19-9-7-8-10-20(19)27-4)16-25-23(24-2)26(3)14-13-18-11-12-21(28-5)22(15-18)29-6/h7-12,15,17H,13-14,16H2,1-6H3,(H,24,25). The Hall–Kier alpha value is -2.89. The Kier molecular flexibility index (Phi) is 8.65. The van der Waals surface area contributed by atoms with E-state index >= 15 is 0 Å². The summed E-state index contributed by atoms with van der Waals surface area (Å²) >= 11 is 0. The van der Waals surface area contributed by atoms with E-state index in [0.29, 0.717) is 5.92 Å². The van der Waals surface area contributed by atoms with Crippen molar-refractivity contribution in [2.24, 2.45) is 4.99 Å². The maximum absolute atomic E-state index is 5.48. The van der Waals surface area contributed by atoms with Gasteiger partial charge in [-0.15, -0.1) is 0 Å². The summed E-state index contributed by atoms with van der Waals surface area (Å²) < 4.78 is 16.2. The number of likely N-dealkylation sites (N-methyl/N-ethyl adjacent to an activating group) is 1. The number of guanidine groups is 1. The van der Waals surface area contributed by atoms with Gasteiger partial charge in [0.25, 0.3) is 0 Å². The number of nitrogens with zero attached hydrogens (tertiary/aromatic N) is 2. The zero-order chi connectivity index (χ0) is 21.2. The van der Waals surface area contributed by atoms with Crippen molar-refractivity contribution in [3.05, 3.63) is 53.6 Å². The van der Waals surface area contributed by atoms with E-state index in [9.17, 15) is 0 Å². The van der Waals surface area contributed by atoms with E-state index in [0.717, 1.165) is 42.7 Å². The van der Waals surface area contributed by atoms with Crippen LogP contribution in [0.1, 0.15) is 24.0 Å². The highest BCUT2D eigenvalue weighted by Crippen LogP contribution is 2.28. The van der Waals surface area contributed by atoms with Crippen LogP contribution < -0.4 is 19.5 Å². The van der Waals surface area contributed by atoms with Gasteiger partial charge < -0.3 is 24.4 Å². The van der Waals surface area contributed by atoms with E-state index in [-0.39, 0.29) is 0 Å². The van der Waals surface area contributed by atoms with Crippen LogP contribution in [-0.2, 0) is 6.42 Å². The van der Waals surface area contributed by atoms with Crippen LogP contribution in [0.2, 0.25) is 0 Å². The van der Waals surface area contributed by atoms with Gasteiger partial charge >= 0.3 is 0 Å². The van der Waals surface area contributed by atoms with Crippen LogP contribution >= 0.6 is 0 Å². The van der Waals surface area contributed by atoms with Crippen LogP contribution in [0.4, 0.5) is 0 Å². The third-order valence-electron chi connectivity index (χ3n) is 4.99. The molecule has 2 rings (SSSR count). The van der Waals surface area contributed by atoms with Crippen LogP contribution in [0.25, 0.3) is 0 Å². The van der Waals surface area contributed by atoms with Gasteiger partial charge in [-0.3, -0.25) is 4.99 Å². The average molecular weight is 400 g/mol. The molecule has 1 unspecified atom stereocenters. The van der Waals surface area contributed by atoms with Crippen LogP contribution in [0, 0.1) is 0 Å². The molecule has 0 aromatic heterocycles. The van der Waals surface area contributed by atoms with Crippen molar-refractivity contribution in [1.82, 2.24) is 10.2 Å². The van der Waals surface area contributed by atoms with E-state index < -0.39 is 0 Å². The summed E-state index contributed by atoms with van der Waals surface area (Å²) in [6.45, 7) is 3.79. The predicted octanol–water partition coefficient (Wildman–Crippen LogP) is 3.57. The highest BCUT2D eigenvalue weighted by molar-refractivity contribution is 5.79. The number of rotatable bonds is 9. The second-order valence-corrected chi connectivity index (χ2v) is 6.93. The largest absolute Gasteiger partial charge is 0.496 e. The highest BCUT2D eigenvalue weighted by atomic mass is 16.5. The summed E-state index contributed by atoms with van der Waals surface area (Å²) in [5, 5.41) is 3.47. The first-order chi connectivity index (χ1) is 14.0. The second-order valence-electron chi connectivity index (χ2n) is 6.93. The summed E-state index contributed by atoms with van der Waals surface area (Å²) in [4.78, 5) is 6.56. The monoisotopic (exact) mass is 399 g/mol. The molecule has 0 aliphatic carbocycles. The van der Waals surface area contributed by atoms with Gasteiger partial charge in [-0.05, 0) is 35.7 Å². The topological polar surface area (TPSA) is 55.3 Å². The minimum atomic E-state index is 0.294. The van der Waals surface area contributed by atoms with E-state index in [1.54, 1.807) is 21.3 Å². The van der Waals surface area contributed by atoms with Gasteiger partial charge in [0, 0.05) is 33.1 Å². The van der Waals surface area contributed by atoms with Gasteiger partial charge in [-0.25, -0.2) is 0 Å². The van der Waals surface area contributed by atoms with Crippen molar-refractivity contribution in [2.75, 3.05) is 48.5 Å². The summed E-state index contributed by atoms with van der Waals surface area (Å²) in [5.74, 6) is 3.57. The number of para-hydroxylation sites is 1. The SMILES string of the molecule is CN=C(NCC(C)c1ccccc1OC)N(C)CCc1ccc(OC)c(OC)c1. The Morgan fingerprint density at radius 1 is 1.00 bits per heavy atom. The molecule has 0 amide bonds. The van der Waals surface area contributed by atoms with Gasteiger partial charge in [0.15, 0.2) is 17.5 Å². The molecule has 0 spiro atoms. The molecule has 0 fully saturated rings. The van der Waals surface area contributed by atoms with Gasteiger partial charge in [-0.1, -0.05) is 31.2 Å². The van der Waals surface area contributed by atoms with E-state index in [1.807, 2.05) is 44.4 Å². The fourth-order valence-corrected chi connectivity index (χ4v) is 3.25. The minimum absolute atomic E-state index is 0.294. The molecule has 0 radical (unpaired) electrons. The molecule has 1 N–H and O–H groups in total. The molecule has 6 nitrogen and oxygen atoms in total. The van der Waals surface area contributed by atoms with Crippen LogP contribution in [0.15, 0.2) is 47.5 Å². The van der Waals surface area contributed by atoms with Gasteiger partial charge in [0.1, 0.15) is 5.75 Å². The third kappa shape index (κ3) is 6.04. The number of nitrogens with one attached hydrogen (secondary N) is 1. The molecule has 6 heteroatoms. The molecule has 0 bridgehead atoms. The lowest BCUT2D eigenvalue weighted by Gasteiger charge is -2.24. The fourth-order valence-electron chi connectivity index (χ4n) is 3.25. The highest BCUT2D eigenvalue weighted by Gasteiger charge is 2.13. The summed E-state index contributed by atoms with van der Waals surface area (Å²) in [5.41, 5.74) is 2.37. The first kappa shape index (κ1) is 22.4. The van der Waals surface area contributed by atoms with Gasteiger partial charge in [0.2, 0.25) is 0 Å². The summed E-state index contributed by atoms with van der Waals surface area (Å²) in [6.07, 6.45) is 0.875. The number of benzene rings is 2. The third-order valence-corrected chi connectivity index (χ3v) is 4.99. The van der Waals surface area contributed by atoms with Gasteiger partial charge in [-0.2, -0.15) is 0 Å². The first-order valence-electron chi connectivity index (χ1n) is 9.79. The minimum Gasteiger partial charge on any atom is -0.496 e. The summed E-state index contributed by atoms with van der Waals surface area (Å²) in [7, 11) is 8.86. The predicted molar refractivity (Wildman–Crippen MR) is 119 cm³/mol. The Bertz CT molecular complexity index is 808. The average Bonchev–Trinajstić information content (AvgIpc) is 2.77. The van der Waals surface area contributed by atoms with Crippen LogP contribution in [0.3, 0.4) is 0 Å². The quantitative estimate of drug-likeness (QED) is 0.516. The molecule has 0 saturated heterocycles. The normalized spacial score (nSPS) is 12.3. The summed E-state index contributed by atoms with van der Waals surface area (Å²) in [6, 6.07) is 14.2. The number of aliphatic imine (C=N–C) groups is 1. The molecular weight excluding hydrogens is 366 g/mol. The van der Waals surface area contributed by atoms with Crippen molar-refractivity contribution in [2.45, 2.75) is 19.3 Å². The number of ether oxygens (including phenoxy) is 3. The molecule has 2 aromatic rings. The van der Waals surface area contributed by atoms with Crippen LogP contribution in [-0.4, -0.2) is 59.4 Å². The maximum atomic E-state index is 5.48. The lowest BCUT2D eigenvalue weighted by Crippen LogP contribution is -2.41. The maximum Gasteiger partial charge on any atom is 0.193 e. The van der Waals surface area contributed by atoms with E-state index in [1.165, 1.54) is 11.1 Å².